The van der Waals surface area contributed by atoms with Crippen molar-refractivity contribution in [3.63, 3.8) is 0 Å². The van der Waals surface area contributed by atoms with Crippen LogP contribution in [0.15, 0.2) is 71.8 Å². The molecule has 246 valence electrons. The Balaban J connectivity index is 1.01. The van der Waals surface area contributed by atoms with Gasteiger partial charge < -0.3 is 19.4 Å². The van der Waals surface area contributed by atoms with Gasteiger partial charge in [0.25, 0.3) is 0 Å². The number of benzene rings is 3. The minimum Gasteiger partial charge on any atom is -0.496 e. The molecule has 0 atom stereocenters. The summed E-state index contributed by atoms with van der Waals surface area (Å²) in [7, 11) is -0.519. The molecular weight excluding hydrogens is 623 g/mol. The van der Waals surface area contributed by atoms with Gasteiger partial charge in [0, 0.05) is 43.0 Å². The molecule has 1 aliphatic heterocycles. The van der Waals surface area contributed by atoms with Gasteiger partial charge >= 0.3 is 0 Å². The van der Waals surface area contributed by atoms with Crippen molar-refractivity contribution >= 4 is 26.7 Å². The number of methoxy groups -OCH3 is 2. The molecule has 1 aliphatic rings. The first-order valence-corrected chi connectivity index (χ1v) is 16.9. The van der Waals surface area contributed by atoms with Gasteiger partial charge in [-0.15, -0.1) is 5.10 Å². The van der Waals surface area contributed by atoms with E-state index in [0.29, 0.717) is 64.9 Å². The maximum absolute atomic E-state index is 14.0. The van der Waals surface area contributed by atoms with Crippen molar-refractivity contribution in [3.8, 4) is 33.9 Å². The summed E-state index contributed by atoms with van der Waals surface area (Å²) < 4.78 is 55.6. The molecule has 47 heavy (non-hydrogen) atoms. The second kappa shape index (κ2) is 13.6. The lowest BCUT2D eigenvalue weighted by Gasteiger charge is -2.31. The molecule has 11 nitrogen and oxygen atoms in total. The van der Waals surface area contributed by atoms with Gasteiger partial charge in [-0.1, -0.05) is 23.4 Å². The topological polar surface area (TPSA) is 131 Å². The molecule has 0 unspecified atom stereocenters. The number of piperidine rings is 1. The molecule has 0 bridgehead atoms. The van der Waals surface area contributed by atoms with Crippen LogP contribution < -0.4 is 14.2 Å². The molecular formula is C34H37FN6O5S. The number of ketones is 1. The molecule has 0 aliphatic carbocycles. The first-order chi connectivity index (χ1) is 22.7. The number of aromatic nitrogens is 4. The number of fused-ring (bicyclic) bond motifs is 1. The third kappa shape index (κ3) is 6.92. The van der Waals surface area contributed by atoms with Gasteiger partial charge in [-0.05, 0) is 79.9 Å². The van der Waals surface area contributed by atoms with Crippen molar-refractivity contribution < 1.29 is 27.1 Å². The van der Waals surface area contributed by atoms with E-state index >= 15 is 0 Å². The minimum atomic E-state index is -3.69. The number of ether oxygens (including phenoxy) is 2. The molecule has 0 radical (unpaired) electrons. The van der Waals surface area contributed by atoms with Crippen LogP contribution in [0.1, 0.15) is 30.3 Å². The SMILES string of the molecule is COc1cccc(OC)c1-c1ccc(S(=O)(=O)NCCN2CCC(Cn3cc(-c4c(C(C)=O)[nH]c5ccc(F)cc45)nn3)CC2)cc1. The number of rotatable bonds is 12. The quantitative estimate of drug-likeness (QED) is 0.176. The first-order valence-electron chi connectivity index (χ1n) is 15.4. The van der Waals surface area contributed by atoms with E-state index in [1.54, 1.807) is 55.4 Å². The zero-order valence-electron chi connectivity index (χ0n) is 26.5. The van der Waals surface area contributed by atoms with Crippen LogP contribution in [0.4, 0.5) is 4.39 Å². The van der Waals surface area contributed by atoms with Crippen LogP contribution in [0, 0.1) is 11.7 Å². The molecule has 13 heteroatoms. The standard InChI is InChI=1S/C34H37FN6O5S/c1-22(42)34-33(27-19-25(35)9-12-28(27)37-34)29-21-41(39-38-29)20-23-13-16-40(17-14-23)18-15-36-47(43,44)26-10-7-24(8-11-26)32-30(45-2)5-4-6-31(32)46-3/h4-12,19,21,23,36-37H,13-18,20H2,1-3H3. The molecule has 5 aromatic rings. The predicted molar refractivity (Wildman–Crippen MR) is 177 cm³/mol. The van der Waals surface area contributed by atoms with E-state index < -0.39 is 10.0 Å². The first kappa shape index (κ1) is 32.4. The number of aromatic amines is 1. The maximum atomic E-state index is 14.0. The Morgan fingerprint density at radius 3 is 2.38 bits per heavy atom. The molecule has 6 rings (SSSR count). The average Bonchev–Trinajstić information content (AvgIpc) is 3.69. The van der Waals surface area contributed by atoms with E-state index in [0.717, 1.165) is 37.1 Å². The van der Waals surface area contributed by atoms with Crippen LogP contribution in [0.3, 0.4) is 0 Å². The number of hydrogen-bond acceptors (Lipinski definition) is 8. The van der Waals surface area contributed by atoms with Crippen LogP contribution in [0.25, 0.3) is 33.3 Å². The van der Waals surface area contributed by atoms with E-state index in [1.807, 2.05) is 18.2 Å². The Morgan fingerprint density at radius 2 is 1.72 bits per heavy atom. The Bertz CT molecular complexity index is 1980. The molecule has 3 heterocycles. The summed E-state index contributed by atoms with van der Waals surface area (Å²) >= 11 is 0. The Labute approximate surface area is 272 Å². The molecule has 0 amide bonds. The van der Waals surface area contributed by atoms with Gasteiger partial charge in [0.2, 0.25) is 10.0 Å². The highest BCUT2D eigenvalue weighted by atomic mass is 32.2. The third-order valence-electron chi connectivity index (χ3n) is 8.66. The number of carbonyl (C=O) groups is 1. The number of nitrogens with one attached hydrogen (secondary N) is 2. The van der Waals surface area contributed by atoms with Crippen LogP contribution in [-0.4, -0.2) is 79.5 Å². The van der Waals surface area contributed by atoms with Gasteiger partial charge in [0.15, 0.2) is 5.78 Å². The summed E-state index contributed by atoms with van der Waals surface area (Å²) in [6, 6.07) is 16.5. The second-order valence-electron chi connectivity index (χ2n) is 11.7. The number of carbonyl (C=O) groups excluding carboxylic acids is 1. The summed E-state index contributed by atoms with van der Waals surface area (Å²) in [5, 5.41) is 9.22. The second-order valence-corrected chi connectivity index (χ2v) is 13.5. The minimum absolute atomic E-state index is 0.163. The largest absolute Gasteiger partial charge is 0.496 e. The van der Waals surface area contributed by atoms with E-state index in [2.05, 4.69) is 24.9 Å². The lowest BCUT2D eigenvalue weighted by molar-refractivity contribution is 0.101. The van der Waals surface area contributed by atoms with Crippen LogP contribution in [0.2, 0.25) is 0 Å². The summed E-state index contributed by atoms with van der Waals surface area (Å²) in [6.45, 7) is 4.69. The van der Waals surface area contributed by atoms with Crippen molar-refractivity contribution in [1.29, 1.82) is 0 Å². The number of hydrogen-bond donors (Lipinski definition) is 2. The van der Waals surface area contributed by atoms with Crippen LogP contribution >= 0.6 is 0 Å². The molecule has 0 spiro atoms. The molecule has 1 saturated heterocycles. The Kier molecular flexibility index (Phi) is 9.39. The van der Waals surface area contributed by atoms with E-state index in [9.17, 15) is 17.6 Å². The Hall–Kier alpha value is -4.59. The fourth-order valence-electron chi connectivity index (χ4n) is 6.21. The number of H-pyrrole nitrogens is 1. The molecule has 3 aromatic carbocycles. The fourth-order valence-corrected chi connectivity index (χ4v) is 7.23. The van der Waals surface area contributed by atoms with Gasteiger partial charge in [-0.3, -0.25) is 9.48 Å². The zero-order valence-corrected chi connectivity index (χ0v) is 27.3. The number of halogens is 1. The highest BCUT2D eigenvalue weighted by molar-refractivity contribution is 7.89. The maximum Gasteiger partial charge on any atom is 0.240 e. The highest BCUT2D eigenvalue weighted by Crippen LogP contribution is 2.38. The lowest BCUT2D eigenvalue weighted by Crippen LogP contribution is -2.40. The van der Waals surface area contributed by atoms with E-state index in [1.165, 1.54) is 19.1 Å². The summed E-state index contributed by atoms with van der Waals surface area (Å²) in [5.74, 6) is 1.09. The van der Waals surface area contributed by atoms with Crippen molar-refractivity contribution in [2.24, 2.45) is 5.92 Å². The van der Waals surface area contributed by atoms with Crippen LogP contribution in [0.5, 0.6) is 11.5 Å². The van der Waals surface area contributed by atoms with Gasteiger partial charge in [-0.25, -0.2) is 17.5 Å². The van der Waals surface area contributed by atoms with Crippen LogP contribution in [-0.2, 0) is 16.6 Å². The van der Waals surface area contributed by atoms with Crippen molar-refractivity contribution in [3.05, 3.63) is 78.4 Å². The lowest BCUT2D eigenvalue weighted by atomic mass is 9.97. The van der Waals surface area contributed by atoms with Gasteiger partial charge in [-0.2, -0.15) is 0 Å². The molecule has 2 N–H and O–H groups in total. The normalized spacial score (nSPS) is 14.5. The van der Waals surface area contributed by atoms with Crippen molar-refractivity contribution in [2.75, 3.05) is 40.4 Å². The monoisotopic (exact) mass is 660 g/mol. The van der Waals surface area contributed by atoms with Crippen molar-refractivity contribution in [1.82, 2.24) is 29.6 Å². The van der Waals surface area contributed by atoms with E-state index in [-0.39, 0.29) is 16.5 Å². The predicted octanol–water partition coefficient (Wildman–Crippen LogP) is 5.14. The zero-order chi connectivity index (χ0) is 33.1. The summed E-state index contributed by atoms with van der Waals surface area (Å²) in [6.07, 6.45) is 3.65. The van der Waals surface area contributed by atoms with Gasteiger partial charge in [0.05, 0.1) is 36.6 Å². The summed E-state index contributed by atoms with van der Waals surface area (Å²) in [4.78, 5) is 17.8. The van der Waals surface area contributed by atoms with Crippen molar-refractivity contribution in [2.45, 2.75) is 31.2 Å². The average molecular weight is 661 g/mol. The number of Topliss-reactive ketones (excluding diaryl/α,β-unsaturated/α-hetero) is 1. The smallest absolute Gasteiger partial charge is 0.240 e. The van der Waals surface area contributed by atoms with E-state index in [4.69, 9.17) is 9.47 Å². The molecule has 2 aromatic heterocycles. The molecule has 0 saturated carbocycles. The number of nitrogens with zero attached hydrogens (tertiary/aromatic N) is 4. The highest BCUT2D eigenvalue weighted by Gasteiger charge is 2.23. The third-order valence-corrected chi connectivity index (χ3v) is 10.1. The van der Waals surface area contributed by atoms with Gasteiger partial charge in [0.1, 0.15) is 23.0 Å². The fraction of sp³-hybridized carbons (Fsp3) is 0.324. The summed E-state index contributed by atoms with van der Waals surface area (Å²) in [5.41, 5.74) is 3.67. The Morgan fingerprint density at radius 1 is 1.02 bits per heavy atom. The number of sulfonamides is 1. The number of likely N-dealkylation sites (tertiary alicyclic amines) is 1. The molecule has 1 fully saturated rings.